The second-order valence-corrected chi connectivity index (χ2v) is 6.58. The molecule has 0 aromatic heterocycles. The van der Waals surface area contributed by atoms with Gasteiger partial charge in [0, 0.05) is 5.54 Å². The molecule has 100 valence electrons. The molecule has 1 aliphatic rings. The molecule has 0 bridgehead atoms. The Kier molecular flexibility index (Phi) is 3.55. The van der Waals surface area contributed by atoms with Crippen molar-refractivity contribution >= 4 is 0 Å². The summed E-state index contributed by atoms with van der Waals surface area (Å²) in [4.78, 5) is 0. The van der Waals surface area contributed by atoms with Gasteiger partial charge in [0.05, 0.1) is 0 Å². The summed E-state index contributed by atoms with van der Waals surface area (Å²) in [6, 6.07) is 4.63. The maximum atomic E-state index is 6.83. The van der Waals surface area contributed by atoms with Gasteiger partial charge in [0.1, 0.15) is 0 Å². The second-order valence-electron chi connectivity index (χ2n) is 6.58. The number of rotatable bonds is 1. The van der Waals surface area contributed by atoms with Crippen molar-refractivity contribution in [1.82, 2.24) is 0 Å². The third-order valence-corrected chi connectivity index (χ3v) is 5.00. The van der Waals surface area contributed by atoms with Crippen LogP contribution in [0.3, 0.4) is 0 Å². The predicted molar refractivity (Wildman–Crippen MR) is 78.7 cm³/mol. The maximum absolute atomic E-state index is 6.83. The van der Waals surface area contributed by atoms with Crippen LogP contribution in [0.1, 0.15) is 55.4 Å². The number of aryl methyl sites for hydroxylation is 3. The minimum atomic E-state index is -0.125. The molecule has 1 nitrogen and oxygen atoms in total. The van der Waals surface area contributed by atoms with Gasteiger partial charge in [-0.1, -0.05) is 32.4 Å². The molecule has 1 aliphatic carbocycles. The van der Waals surface area contributed by atoms with E-state index in [1.165, 1.54) is 35.1 Å². The van der Waals surface area contributed by atoms with Crippen LogP contribution in [0.25, 0.3) is 0 Å². The molecule has 3 atom stereocenters. The molecule has 2 N–H and O–H groups in total. The second kappa shape index (κ2) is 4.70. The zero-order valence-corrected chi connectivity index (χ0v) is 12.5. The quantitative estimate of drug-likeness (QED) is 0.787. The smallest absolute Gasteiger partial charge is 0.0440 e. The lowest BCUT2D eigenvalue weighted by Crippen LogP contribution is -2.47. The highest BCUT2D eigenvalue weighted by Gasteiger charge is 2.39. The summed E-state index contributed by atoms with van der Waals surface area (Å²) in [5.41, 5.74) is 12.2. The Morgan fingerprint density at radius 2 is 1.61 bits per heavy atom. The molecule has 3 unspecified atom stereocenters. The van der Waals surface area contributed by atoms with E-state index in [-0.39, 0.29) is 5.54 Å². The van der Waals surface area contributed by atoms with Crippen molar-refractivity contribution in [2.24, 2.45) is 17.6 Å². The molecule has 0 saturated heterocycles. The molecule has 1 saturated carbocycles. The fourth-order valence-electron chi connectivity index (χ4n) is 3.51. The third kappa shape index (κ3) is 2.21. The van der Waals surface area contributed by atoms with Crippen molar-refractivity contribution in [2.75, 3.05) is 0 Å². The Hall–Kier alpha value is -0.820. The maximum Gasteiger partial charge on any atom is 0.0440 e. The highest BCUT2D eigenvalue weighted by Crippen LogP contribution is 2.43. The Balaban J connectivity index is 2.48. The molecule has 1 heteroatoms. The van der Waals surface area contributed by atoms with Gasteiger partial charge in [-0.05, 0) is 67.7 Å². The van der Waals surface area contributed by atoms with Crippen molar-refractivity contribution in [3.05, 3.63) is 34.4 Å². The van der Waals surface area contributed by atoms with Crippen molar-refractivity contribution in [1.29, 1.82) is 0 Å². The molecule has 1 aromatic carbocycles. The summed E-state index contributed by atoms with van der Waals surface area (Å²) in [5.74, 6) is 1.32. The molecule has 1 aromatic rings. The van der Waals surface area contributed by atoms with E-state index in [0.29, 0.717) is 5.92 Å². The first-order valence-corrected chi connectivity index (χ1v) is 7.22. The molecule has 0 spiro atoms. The van der Waals surface area contributed by atoms with Gasteiger partial charge < -0.3 is 5.73 Å². The minimum Gasteiger partial charge on any atom is -0.321 e. The van der Waals surface area contributed by atoms with E-state index in [9.17, 15) is 0 Å². The molecular formula is C17H27N. The normalized spacial score (nSPS) is 32.6. The first-order valence-electron chi connectivity index (χ1n) is 7.22. The SMILES string of the molecule is Cc1cc(C)c(C2(N)CC(C)CCC2C)cc1C. The summed E-state index contributed by atoms with van der Waals surface area (Å²) in [5, 5.41) is 0. The van der Waals surface area contributed by atoms with Crippen LogP contribution in [0.2, 0.25) is 0 Å². The summed E-state index contributed by atoms with van der Waals surface area (Å²) < 4.78 is 0. The highest BCUT2D eigenvalue weighted by molar-refractivity contribution is 5.41. The minimum absolute atomic E-state index is 0.125. The first kappa shape index (κ1) is 13.6. The fraction of sp³-hybridized carbons (Fsp3) is 0.647. The van der Waals surface area contributed by atoms with Crippen LogP contribution < -0.4 is 5.73 Å². The Morgan fingerprint density at radius 3 is 2.28 bits per heavy atom. The predicted octanol–water partition coefficient (Wildman–Crippen LogP) is 4.22. The standard InChI is InChI=1S/C17H27N/c1-11-6-7-15(5)17(18,10-11)16-9-13(3)12(2)8-14(16)4/h8-9,11,15H,6-7,10,18H2,1-5H3. The van der Waals surface area contributed by atoms with Crippen molar-refractivity contribution in [3.8, 4) is 0 Å². The molecule has 0 amide bonds. The van der Waals surface area contributed by atoms with E-state index < -0.39 is 0 Å². The monoisotopic (exact) mass is 245 g/mol. The Bertz CT molecular complexity index is 449. The molecule has 0 radical (unpaired) electrons. The van der Waals surface area contributed by atoms with Crippen LogP contribution in [0, 0.1) is 32.6 Å². The summed E-state index contributed by atoms with van der Waals surface area (Å²) >= 11 is 0. The van der Waals surface area contributed by atoms with Gasteiger partial charge in [-0.3, -0.25) is 0 Å². The highest BCUT2D eigenvalue weighted by atomic mass is 14.8. The number of hydrogen-bond acceptors (Lipinski definition) is 1. The van der Waals surface area contributed by atoms with E-state index in [1.807, 2.05) is 0 Å². The first-order chi connectivity index (χ1) is 8.34. The third-order valence-electron chi connectivity index (χ3n) is 5.00. The molecular weight excluding hydrogens is 218 g/mol. The Labute approximate surface area is 112 Å². The van der Waals surface area contributed by atoms with Gasteiger partial charge in [-0.2, -0.15) is 0 Å². The number of benzene rings is 1. The van der Waals surface area contributed by atoms with Gasteiger partial charge in [0.15, 0.2) is 0 Å². The molecule has 1 fully saturated rings. The van der Waals surface area contributed by atoms with Gasteiger partial charge in [-0.15, -0.1) is 0 Å². The van der Waals surface area contributed by atoms with Crippen molar-refractivity contribution in [2.45, 2.75) is 59.4 Å². The zero-order valence-electron chi connectivity index (χ0n) is 12.5. The molecule has 0 heterocycles. The van der Waals surface area contributed by atoms with Gasteiger partial charge in [0.2, 0.25) is 0 Å². The summed E-state index contributed by atoms with van der Waals surface area (Å²) in [6.07, 6.45) is 3.70. The lowest BCUT2D eigenvalue weighted by Gasteiger charge is -2.43. The summed E-state index contributed by atoms with van der Waals surface area (Å²) in [6.45, 7) is 11.2. The summed E-state index contributed by atoms with van der Waals surface area (Å²) in [7, 11) is 0. The molecule has 18 heavy (non-hydrogen) atoms. The van der Waals surface area contributed by atoms with Gasteiger partial charge >= 0.3 is 0 Å². The molecule has 2 rings (SSSR count). The van der Waals surface area contributed by atoms with Crippen LogP contribution >= 0.6 is 0 Å². The Morgan fingerprint density at radius 1 is 1.00 bits per heavy atom. The van der Waals surface area contributed by atoms with Crippen molar-refractivity contribution in [3.63, 3.8) is 0 Å². The van der Waals surface area contributed by atoms with Crippen LogP contribution in [0.15, 0.2) is 12.1 Å². The van der Waals surface area contributed by atoms with Crippen LogP contribution in [0.5, 0.6) is 0 Å². The van der Waals surface area contributed by atoms with E-state index in [1.54, 1.807) is 0 Å². The van der Waals surface area contributed by atoms with Crippen LogP contribution in [-0.2, 0) is 5.54 Å². The van der Waals surface area contributed by atoms with Crippen LogP contribution in [0.4, 0.5) is 0 Å². The van der Waals surface area contributed by atoms with Gasteiger partial charge in [-0.25, -0.2) is 0 Å². The molecule has 0 aliphatic heterocycles. The fourth-order valence-corrected chi connectivity index (χ4v) is 3.51. The van der Waals surface area contributed by atoms with E-state index in [0.717, 1.165) is 12.3 Å². The number of hydrogen-bond donors (Lipinski definition) is 1. The lowest BCUT2D eigenvalue weighted by atomic mass is 9.66. The average molecular weight is 245 g/mol. The largest absolute Gasteiger partial charge is 0.321 e. The van der Waals surface area contributed by atoms with Crippen molar-refractivity contribution < 1.29 is 0 Å². The average Bonchev–Trinajstić information content (AvgIpc) is 2.29. The topological polar surface area (TPSA) is 26.0 Å². The van der Waals surface area contributed by atoms with Crippen LogP contribution in [-0.4, -0.2) is 0 Å². The number of nitrogens with two attached hydrogens (primary N) is 1. The van der Waals surface area contributed by atoms with E-state index in [4.69, 9.17) is 5.73 Å². The zero-order chi connectivity index (χ0) is 13.5. The van der Waals surface area contributed by atoms with E-state index in [2.05, 4.69) is 46.8 Å². The van der Waals surface area contributed by atoms with E-state index >= 15 is 0 Å². The van der Waals surface area contributed by atoms with Gasteiger partial charge in [0.25, 0.3) is 0 Å². The lowest BCUT2D eigenvalue weighted by molar-refractivity contribution is 0.161.